The molecule has 11 heteroatoms. The van der Waals surface area contributed by atoms with Crippen molar-refractivity contribution in [1.29, 1.82) is 0 Å². The number of benzene rings is 2. The first-order valence-corrected chi connectivity index (χ1v) is 11.1. The third kappa shape index (κ3) is 6.51. The zero-order valence-corrected chi connectivity index (χ0v) is 18.3. The Balaban J connectivity index is 2.47. The van der Waals surface area contributed by atoms with E-state index in [1.54, 1.807) is 0 Å². The highest BCUT2D eigenvalue weighted by molar-refractivity contribution is 7.92. The number of methoxy groups -OCH3 is 2. The first kappa shape index (κ1) is 24.8. The molecule has 2 rings (SSSR count). The normalized spacial score (nSPS) is 11.8. The monoisotopic (exact) mass is 479 g/mol. The number of carbonyl (C=O) groups excluding carboxylic acids is 1. The Hall–Kier alpha value is -2.46. The maximum absolute atomic E-state index is 13.4. The summed E-state index contributed by atoms with van der Waals surface area (Å²) in [6.07, 6.45) is -4.00. The van der Waals surface area contributed by atoms with E-state index in [1.807, 2.05) is 0 Å². The lowest BCUT2D eigenvalue weighted by atomic mass is 10.0. The number of ether oxygens (including phenoxy) is 2. The number of nitrogens with one attached hydrogen (secondary N) is 1. The Kier molecular flexibility index (Phi) is 8.19. The van der Waals surface area contributed by atoms with Crippen LogP contribution in [0.25, 0.3) is 0 Å². The SMILES string of the molecule is COc1ccc(NS(=O)(=O)c2cc(C(=O)CCCCCl)cc(C(F)(F)F)c2)c(OC)c1. The molecule has 6 nitrogen and oxygen atoms in total. The van der Waals surface area contributed by atoms with Gasteiger partial charge in [0.25, 0.3) is 10.0 Å². The van der Waals surface area contributed by atoms with Crippen molar-refractivity contribution < 1.29 is 35.9 Å². The van der Waals surface area contributed by atoms with E-state index in [1.165, 1.54) is 32.4 Å². The number of rotatable bonds is 10. The molecule has 0 radical (unpaired) electrons. The number of ketones is 1. The van der Waals surface area contributed by atoms with Gasteiger partial charge in [-0.1, -0.05) is 0 Å². The fourth-order valence-electron chi connectivity index (χ4n) is 2.69. The summed E-state index contributed by atoms with van der Waals surface area (Å²) < 4.78 is 78.1. The number of sulfonamides is 1. The summed E-state index contributed by atoms with van der Waals surface area (Å²) in [5.74, 6) is 0.203. The molecular weight excluding hydrogens is 459 g/mol. The lowest BCUT2D eigenvalue weighted by Crippen LogP contribution is -2.17. The zero-order chi connectivity index (χ0) is 23.2. The Morgan fingerprint density at radius 3 is 2.35 bits per heavy atom. The number of hydrogen-bond donors (Lipinski definition) is 1. The molecule has 0 aliphatic rings. The molecule has 1 N–H and O–H groups in total. The molecule has 0 atom stereocenters. The number of alkyl halides is 4. The smallest absolute Gasteiger partial charge is 0.416 e. The molecule has 0 fully saturated rings. The van der Waals surface area contributed by atoms with Crippen molar-refractivity contribution in [3.05, 3.63) is 47.5 Å². The Morgan fingerprint density at radius 1 is 1.06 bits per heavy atom. The molecule has 2 aromatic carbocycles. The van der Waals surface area contributed by atoms with Crippen LogP contribution < -0.4 is 14.2 Å². The van der Waals surface area contributed by atoms with Crippen molar-refractivity contribution in [2.24, 2.45) is 0 Å². The van der Waals surface area contributed by atoms with Crippen molar-refractivity contribution in [2.75, 3.05) is 24.8 Å². The van der Waals surface area contributed by atoms with Crippen LogP contribution in [0, 0.1) is 0 Å². The van der Waals surface area contributed by atoms with Gasteiger partial charge in [-0.25, -0.2) is 8.42 Å². The first-order valence-electron chi connectivity index (χ1n) is 9.08. The van der Waals surface area contributed by atoms with Gasteiger partial charge in [0.05, 0.1) is 30.4 Å². The largest absolute Gasteiger partial charge is 0.497 e. The number of carbonyl (C=O) groups is 1. The van der Waals surface area contributed by atoms with E-state index in [2.05, 4.69) is 4.72 Å². The molecule has 0 bridgehead atoms. The van der Waals surface area contributed by atoms with Crippen LogP contribution in [0.5, 0.6) is 11.5 Å². The van der Waals surface area contributed by atoms with E-state index >= 15 is 0 Å². The molecule has 0 amide bonds. The number of anilines is 1. The van der Waals surface area contributed by atoms with Gasteiger partial charge < -0.3 is 9.47 Å². The molecule has 0 aliphatic heterocycles. The van der Waals surface area contributed by atoms with E-state index in [0.717, 1.165) is 6.07 Å². The highest BCUT2D eigenvalue weighted by Crippen LogP contribution is 2.34. The topological polar surface area (TPSA) is 81.7 Å². The molecule has 0 spiro atoms. The van der Waals surface area contributed by atoms with Gasteiger partial charge in [-0.3, -0.25) is 9.52 Å². The summed E-state index contributed by atoms with van der Waals surface area (Å²) in [6, 6.07) is 6.27. The summed E-state index contributed by atoms with van der Waals surface area (Å²) in [5.41, 5.74) is -1.58. The highest BCUT2D eigenvalue weighted by Gasteiger charge is 2.33. The molecule has 0 aliphatic carbocycles. The van der Waals surface area contributed by atoms with Crippen LogP contribution in [0.2, 0.25) is 0 Å². The third-order valence-corrected chi connectivity index (χ3v) is 5.92. The predicted molar refractivity (Wildman–Crippen MR) is 111 cm³/mol. The zero-order valence-electron chi connectivity index (χ0n) is 16.8. The van der Waals surface area contributed by atoms with Crippen molar-refractivity contribution in [3.8, 4) is 11.5 Å². The Labute approximate surface area is 183 Å². The minimum atomic E-state index is -4.84. The summed E-state index contributed by atoms with van der Waals surface area (Å²) in [6.45, 7) is 0. The highest BCUT2D eigenvalue weighted by atomic mass is 35.5. The quantitative estimate of drug-likeness (QED) is 0.291. The average Bonchev–Trinajstić information content (AvgIpc) is 2.73. The van der Waals surface area contributed by atoms with Crippen molar-refractivity contribution in [1.82, 2.24) is 0 Å². The van der Waals surface area contributed by atoms with E-state index in [9.17, 15) is 26.4 Å². The molecular formula is C20H21ClF3NO5S. The Bertz CT molecular complexity index is 1040. The van der Waals surface area contributed by atoms with Gasteiger partial charge in [0.2, 0.25) is 0 Å². The van der Waals surface area contributed by atoms with E-state index in [-0.39, 0.29) is 23.4 Å². The van der Waals surface area contributed by atoms with E-state index in [0.29, 0.717) is 36.6 Å². The number of hydrogen-bond acceptors (Lipinski definition) is 5. The summed E-state index contributed by atoms with van der Waals surface area (Å²) in [4.78, 5) is 11.7. The van der Waals surface area contributed by atoms with Gasteiger partial charge in [-0.2, -0.15) is 13.2 Å². The second-order valence-corrected chi connectivity index (χ2v) is 8.55. The number of Topliss-reactive ketones (excluding diaryl/α,β-unsaturated/α-hetero) is 1. The summed E-state index contributed by atoms with van der Waals surface area (Å²) in [7, 11) is -1.76. The van der Waals surface area contributed by atoms with Gasteiger partial charge in [-0.05, 0) is 43.2 Å². The lowest BCUT2D eigenvalue weighted by molar-refractivity contribution is -0.137. The van der Waals surface area contributed by atoms with Gasteiger partial charge in [-0.15, -0.1) is 11.6 Å². The van der Waals surface area contributed by atoms with Crippen LogP contribution in [0.4, 0.5) is 18.9 Å². The molecule has 0 aromatic heterocycles. The third-order valence-electron chi connectivity index (χ3n) is 4.31. The minimum Gasteiger partial charge on any atom is -0.497 e. The molecule has 0 saturated carbocycles. The van der Waals surface area contributed by atoms with Crippen LogP contribution >= 0.6 is 11.6 Å². The average molecular weight is 480 g/mol. The summed E-state index contributed by atoms with van der Waals surface area (Å²) >= 11 is 5.56. The molecule has 170 valence electrons. The molecule has 0 unspecified atom stereocenters. The second-order valence-electron chi connectivity index (χ2n) is 6.48. The number of halogens is 4. The van der Waals surface area contributed by atoms with Crippen LogP contribution in [-0.4, -0.2) is 34.3 Å². The summed E-state index contributed by atoms with van der Waals surface area (Å²) in [5, 5.41) is 0. The van der Waals surface area contributed by atoms with Gasteiger partial charge in [0, 0.05) is 23.9 Å². The van der Waals surface area contributed by atoms with Crippen molar-refractivity contribution in [3.63, 3.8) is 0 Å². The van der Waals surface area contributed by atoms with Crippen LogP contribution in [0.3, 0.4) is 0 Å². The molecule has 2 aromatic rings. The standard InChI is InChI=1S/C20H21ClF3NO5S/c1-29-15-6-7-17(19(12-15)30-2)25-31(27,28)16-10-13(18(26)5-3-4-8-21)9-14(11-16)20(22,23)24/h6-7,9-12,25H,3-5,8H2,1-2H3. The van der Waals surface area contributed by atoms with Crippen LogP contribution in [0.1, 0.15) is 35.2 Å². The van der Waals surface area contributed by atoms with Crippen LogP contribution in [0.15, 0.2) is 41.3 Å². The second kappa shape index (κ2) is 10.2. The Morgan fingerprint density at radius 2 is 1.77 bits per heavy atom. The minimum absolute atomic E-state index is 0.00398. The van der Waals surface area contributed by atoms with Crippen molar-refractivity contribution in [2.45, 2.75) is 30.3 Å². The van der Waals surface area contributed by atoms with E-state index in [4.69, 9.17) is 21.1 Å². The van der Waals surface area contributed by atoms with E-state index < -0.39 is 32.4 Å². The maximum atomic E-state index is 13.4. The molecule has 0 heterocycles. The fourth-order valence-corrected chi connectivity index (χ4v) is 4.02. The van der Waals surface area contributed by atoms with Crippen molar-refractivity contribution >= 4 is 33.1 Å². The maximum Gasteiger partial charge on any atom is 0.416 e. The van der Waals surface area contributed by atoms with Gasteiger partial charge in [0.1, 0.15) is 11.5 Å². The van der Waals surface area contributed by atoms with Gasteiger partial charge >= 0.3 is 6.18 Å². The van der Waals surface area contributed by atoms with Crippen LogP contribution in [-0.2, 0) is 16.2 Å². The molecule has 0 saturated heterocycles. The molecule has 31 heavy (non-hydrogen) atoms. The predicted octanol–water partition coefficient (Wildman–Crippen LogP) is 5.12. The first-order chi connectivity index (χ1) is 14.5. The lowest BCUT2D eigenvalue weighted by Gasteiger charge is -2.15. The number of unbranched alkanes of at least 4 members (excludes halogenated alkanes) is 1. The fraction of sp³-hybridized carbons (Fsp3) is 0.350. The van der Waals surface area contributed by atoms with Gasteiger partial charge in [0.15, 0.2) is 5.78 Å².